The number of nitriles is 1. The van der Waals surface area contributed by atoms with Gasteiger partial charge < -0.3 is 15.4 Å². The van der Waals surface area contributed by atoms with Crippen molar-refractivity contribution < 1.29 is 5.11 Å². The molecular formula is C22H24IN7OS. The van der Waals surface area contributed by atoms with Crippen LogP contribution in [0.1, 0.15) is 30.0 Å². The molecule has 10 heteroatoms. The Bertz CT molecular complexity index is 1200. The highest BCUT2D eigenvalue weighted by molar-refractivity contribution is 14.1. The number of alkyl halides is 1. The summed E-state index contributed by atoms with van der Waals surface area (Å²) in [5.41, 5.74) is 11.4. The minimum absolute atomic E-state index is 0.0780. The molecule has 1 aromatic carbocycles. The van der Waals surface area contributed by atoms with E-state index in [0.717, 1.165) is 43.4 Å². The molecule has 0 spiro atoms. The Morgan fingerprint density at radius 2 is 2.22 bits per heavy atom. The number of hydrogen-bond acceptors (Lipinski definition) is 6. The molecule has 2 heterocycles. The second-order valence-electron chi connectivity index (χ2n) is 7.43. The van der Waals surface area contributed by atoms with Gasteiger partial charge >= 0.3 is 0 Å². The molecule has 0 aliphatic heterocycles. The zero-order valence-corrected chi connectivity index (χ0v) is 20.8. The highest BCUT2D eigenvalue weighted by atomic mass is 127. The van der Waals surface area contributed by atoms with Crippen molar-refractivity contribution in [3.05, 3.63) is 47.4 Å². The summed E-state index contributed by atoms with van der Waals surface area (Å²) < 4.78 is 2.73. The predicted octanol–water partition coefficient (Wildman–Crippen LogP) is 3.29. The van der Waals surface area contributed by atoms with Gasteiger partial charge in [0.1, 0.15) is 0 Å². The summed E-state index contributed by atoms with van der Waals surface area (Å²) in [5, 5.41) is 25.6. The minimum Gasteiger partial charge on any atom is -0.391 e. The number of aromatic nitrogens is 3. The molecule has 0 amide bonds. The first-order chi connectivity index (χ1) is 15.3. The molecule has 0 radical (unpaired) electrons. The van der Waals surface area contributed by atoms with Crippen molar-refractivity contribution in [3.8, 4) is 17.5 Å². The monoisotopic (exact) mass is 561 g/mol. The van der Waals surface area contributed by atoms with Gasteiger partial charge in [-0.05, 0) is 54.9 Å². The van der Waals surface area contributed by atoms with Gasteiger partial charge in [-0.1, -0.05) is 22.6 Å². The van der Waals surface area contributed by atoms with Crippen LogP contribution in [-0.2, 0) is 17.9 Å². The molecule has 3 aromatic rings. The second kappa shape index (κ2) is 10.8. The highest BCUT2D eigenvalue weighted by Crippen LogP contribution is 2.28. The number of aliphatic hydroxyl groups is 1. The zero-order valence-electron chi connectivity index (χ0n) is 17.9. The Labute approximate surface area is 205 Å². The molecule has 0 fully saturated rings. The summed E-state index contributed by atoms with van der Waals surface area (Å²) in [6, 6.07) is 8.33. The fourth-order valence-electron chi connectivity index (χ4n) is 3.35. The third-order valence-electron chi connectivity index (χ3n) is 4.92. The van der Waals surface area contributed by atoms with Crippen LogP contribution in [0.2, 0.25) is 0 Å². The smallest absolute Gasteiger partial charge is 0.187 e. The van der Waals surface area contributed by atoms with Crippen LogP contribution in [0.4, 0.5) is 0 Å². The van der Waals surface area contributed by atoms with E-state index < -0.39 is 6.10 Å². The van der Waals surface area contributed by atoms with E-state index in [9.17, 15) is 5.11 Å². The summed E-state index contributed by atoms with van der Waals surface area (Å²) >= 11 is 7.41. The van der Waals surface area contributed by atoms with E-state index in [2.05, 4.69) is 50.9 Å². The normalized spacial score (nSPS) is 12.2. The molecular weight excluding hydrogens is 537 g/mol. The number of nitrogens with zero attached hydrogens (tertiary/aromatic N) is 6. The van der Waals surface area contributed by atoms with Gasteiger partial charge in [0.05, 0.1) is 54.4 Å². The summed E-state index contributed by atoms with van der Waals surface area (Å²) in [7, 11) is 1.92. The van der Waals surface area contributed by atoms with Gasteiger partial charge in [0.15, 0.2) is 5.11 Å². The number of aliphatic hydroxyl groups excluding tert-OH is 1. The van der Waals surface area contributed by atoms with E-state index in [0.29, 0.717) is 12.8 Å². The van der Waals surface area contributed by atoms with Crippen LogP contribution >= 0.6 is 34.8 Å². The molecule has 32 heavy (non-hydrogen) atoms. The number of benzene rings is 1. The Morgan fingerprint density at radius 3 is 2.81 bits per heavy atom. The molecule has 0 saturated carbocycles. The third-order valence-corrected chi connectivity index (χ3v) is 5.95. The molecule has 8 nitrogen and oxygen atoms in total. The molecule has 0 aliphatic carbocycles. The molecule has 3 rings (SSSR count). The molecule has 0 saturated heterocycles. The molecule has 1 atom stereocenters. The Kier molecular flexibility index (Phi) is 8.11. The Morgan fingerprint density at radius 1 is 1.44 bits per heavy atom. The number of aryl methyl sites for hydroxylation is 2. The van der Waals surface area contributed by atoms with Gasteiger partial charge in [0.2, 0.25) is 0 Å². The number of imidazole rings is 1. The number of thiocarbonyl (C=S) groups is 1. The maximum absolute atomic E-state index is 9.74. The summed E-state index contributed by atoms with van der Waals surface area (Å²) in [6.07, 6.45) is 5.66. The van der Waals surface area contributed by atoms with Crippen LogP contribution in [0, 0.1) is 11.3 Å². The lowest BCUT2D eigenvalue weighted by molar-refractivity contribution is 0.162. The van der Waals surface area contributed by atoms with Crippen LogP contribution in [-0.4, -0.2) is 48.6 Å². The number of nitrogens with two attached hydrogens (primary N) is 1. The van der Waals surface area contributed by atoms with E-state index in [-0.39, 0.29) is 11.7 Å². The summed E-state index contributed by atoms with van der Waals surface area (Å²) in [6.45, 7) is 1.84. The molecule has 1 unspecified atom stereocenters. The first kappa shape index (κ1) is 24.0. The number of fused-ring (bicyclic) bond motifs is 1. The van der Waals surface area contributed by atoms with Gasteiger partial charge in [0.25, 0.3) is 0 Å². The van der Waals surface area contributed by atoms with Crippen LogP contribution in [0.5, 0.6) is 0 Å². The number of hydrazone groups is 1. The fourth-order valence-corrected chi connectivity index (χ4v) is 4.18. The van der Waals surface area contributed by atoms with Gasteiger partial charge in [-0.15, -0.1) is 0 Å². The third kappa shape index (κ3) is 5.59. The number of halogens is 1. The summed E-state index contributed by atoms with van der Waals surface area (Å²) in [4.78, 5) is 9.09. The second-order valence-corrected chi connectivity index (χ2v) is 8.61. The molecule has 0 bridgehead atoms. The highest BCUT2D eigenvalue weighted by Gasteiger charge is 2.14. The van der Waals surface area contributed by atoms with Crippen LogP contribution in [0.15, 0.2) is 35.8 Å². The van der Waals surface area contributed by atoms with E-state index in [4.69, 9.17) is 28.2 Å². The van der Waals surface area contributed by atoms with Crippen molar-refractivity contribution >= 4 is 57.0 Å². The Hall–Kier alpha value is -2.62. The predicted molar refractivity (Wildman–Crippen MR) is 138 cm³/mol. The van der Waals surface area contributed by atoms with Gasteiger partial charge in [-0.25, -0.2) is 15.0 Å². The van der Waals surface area contributed by atoms with Crippen LogP contribution in [0.3, 0.4) is 0 Å². The van der Waals surface area contributed by atoms with E-state index >= 15 is 0 Å². The average molecular weight is 561 g/mol. The lowest BCUT2D eigenvalue weighted by Crippen LogP contribution is -2.36. The van der Waals surface area contributed by atoms with E-state index in [1.165, 1.54) is 5.01 Å². The Balaban J connectivity index is 2.20. The maximum atomic E-state index is 9.74. The lowest BCUT2D eigenvalue weighted by Gasteiger charge is -2.18. The minimum atomic E-state index is -0.642. The quantitative estimate of drug-likeness (QED) is 0.143. The van der Waals surface area contributed by atoms with Gasteiger partial charge in [-0.2, -0.15) is 10.4 Å². The van der Waals surface area contributed by atoms with Crippen LogP contribution < -0.4 is 5.73 Å². The average Bonchev–Trinajstić information content (AvgIpc) is 3.19. The van der Waals surface area contributed by atoms with Crippen molar-refractivity contribution in [3.63, 3.8) is 0 Å². The summed E-state index contributed by atoms with van der Waals surface area (Å²) in [5.74, 6) is 0. The van der Waals surface area contributed by atoms with E-state index in [1.54, 1.807) is 25.7 Å². The molecule has 0 aliphatic rings. The van der Waals surface area contributed by atoms with Crippen molar-refractivity contribution in [2.24, 2.45) is 17.9 Å². The number of pyridine rings is 1. The standard InChI is InChI=1S/C22H24IN7OS/c1-14(31)12-30(22(25)32)27-10-17-8-20(21-11-26-13-29(21)2)28-19-7-16(9-23)15(4-3-5-24)6-18(17)19/h6-8,10-11,13-14,31H,3-4,9,12H2,1-2H3,(H2,25,32)/b27-10+. The van der Waals surface area contributed by atoms with Crippen molar-refractivity contribution in [2.75, 3.05) is 6.54 Å². The van der Waals surface area contributed by atoms with Crippen molar-refractivity contribution in [1.82, 2.24) is 19.5 Å². The molecule has 3 N–H and O–H groups in total. The van der Waals surface area contributed by atoms with Gasteiger partial charge in [-0.3, -0.25) is 0 Å². The fraction of sp³-hybridized carbons (Fsp3) is 0.318. The number of hydrogen-bond donors (Lipinski definition) is 2. The van der Waals surface area contributed by atoms with Crippen molar-refractivity contribution in [2.45, 2.75) is 30.3 Å². The first-order valence-electron chi connectivity index (χ1n) is 9.99. The molecule has 2 aromatic heterocycles. The molecule has 166 valence electrons. The first-order valence-corrected chi connectivity index (χ1v) is 11.9. The van der Waals surface area contributed by atoms with E-state index in [1.807, 2.05) is 17.7 Å². The largest absolute Gasteiger partial charge is 0.391 e. The lowest BCUT2D eigenvalue weighted by atomic mass is 9.98. The topological polar surface area (TPSA) is 116 Å². The maximum Gasteiger partial charge on any atom is 0.187 e. The zero-order chi connectivity index (χ0) is 23.3. The van der Waals surface area contributed by atoms with Crippen LogP contribution in [0.25, 0.3) is 22.3 Å². The van der Waals surface area contributed by atoms with Crippen molar-refractivity contribution in [1.29, 1.82) is 5.26 Å². The SMILES string of the molecule is CC(O)CN(/N=C/c1cc(-c2cncn2C)nc2cc(CI)c(CCC#N)cc12)C(N)=S. The number of rotatable bonds is 8. The van der Waals surface area contributed by atoms with Gasteiger partial charge in [0, 0.05) is 28.8 Å².